The van der Waals surface area contributed by atoms with E-state index in [2.05, 4.69) is 4.40 Å². The van der Waals surface area contributed by atoms with Crippen molar-refractivity contribution in [1.82, 2.24) is 0 Å². The molecule has 0 aliphatic heterocycles. The molecule has 15 heavy (non-hydrogen) atoms. The lowest BCUT2D eigenvalue weighted by atomic mass is 10.2. The van der Waals surface area contributed by atoms with E-state index in [0.29, 0.717) is 0 Å². The van der Waals surface area contributed by atoms with Crippen LogP contribution in [0.5, 0.6) is 0 Å². The van der Waals surface area contributed by atoms with Gasteiger partial charge in [-0.25, -0.2) is 4.21 Å². The van der Waals surface area contributed by atoms with E-state index in [0.717, 1.165) is 9.77 Å². The van der Waals surface area contributed by atoms with Crippen LogP contribution in [-0.4, -0.2) is 10.4 Å². The van der Waals surface area contributed by atoms with E-state index in [9.17, 15) is 4.21 Å². The van der Waals surface area contributed by atoms with Crippen LogP contribution in [0, 0.1) is 0 Å². The lowest BCUT2D eigenvalue weighted by molar-refractivity contribution is 0.686. The zero-order valence-corrected chi connectivity index (χ0v) is 9.50. The topological polar surface area (TPSA) is 29.4 Å². The van der Waals surface area contributed by atoms with Crippen LogP contribution in [0.25, 0.3) is 0 Å². The molecule has 76 valence electrons. The van der Waals surface area contributed by atoms with Gasteiger partial charge in [0.1, 0.15) is 4.21 Å². The fourth-order valence-electron chi connectivity index (χ4n) is 1.06. The minimum atomic E-state index is -1.26. The number of benzene rings is 1. The van der Waals surface area contributed by atoms with Crippen LogP contribution in [0.4, 0.5) is 0 Å². The maximum atomic E-state index is 11.6. The van der Waals surface area contributed by atoms with Gasteiger partial charge in [-0.15, -0.1) is 11.3 Å². The first-order chi connectivity index (χ1) is 7.36. The Morgan fingerprint density at radius 3 is 2.60 bits per heavy atom. The van der Waals surface area contributed by atoms with Crippen LogP contribution in [0.15, 0.2) is 56.5 Å². The van der Waals surface area contributed by atoms with Gasteiger partial charge in [-0.1, -0.05) is 36.4 Å². The van der Waals surface area contributed by atoms with E-state index in [1.807, 2.05) is 47.8 Å². The first kappa shape index (κ1) is 10.3. The van der Waals surface area contributed by atoms with Crippen molar-refractivity contribution in [1.29, 1.82) is 0 Å². The molecule has 1 aromatic heterocycles. The van der Waals surface area contributed by atoms with Gasteiger partial charge >= 0.3 is 0 Å². The number of hydrogen-bond donors (Lipinski definition) is 0. The Bertz CT molecular complexity index is 463. The smallest absolute Gasteiger partial charge is 0.182 e. The Balaban J connectivity index is 2.10. The fourth-order valence-corrected chi connectivity index (χ4v) is 2.65. The number of hydrogen-bond acceptors (Lipinski definition) is 2. The van der Waals surface area contributed by atoms with Crippen molar-refractivity contribution < 1.29 is 4.21 Å². The molecule has 0 radical (unpaired) electrons. The van der Waals surface area contributed by atoms with Crippen molar-refractivity contribution in [3.63, 3.8) is 0 Å². The maximum Gasteiger partial charge on any atom is 0.182 e. The van der Waals surface area contributed by atoms with Crippen molar-refractivity contribution in [2.45, 2.75) is 4.21 Å². The molecule has 0 N–H and O–H groups in total. The van der Waals surface area contributed by atoms with Gasteiger partial charge in [-0.05, 0) is 17.0 Å². The largest absolute Gasteiger partial charge is 0.229 e. The van der Waals surface area contributed by atoms with Crippen LogP contribution in [-0.2, 0) is 11.0 Å². The zero-order chi connectivity index (χ0) is 10.5. The molecule has 0 amide bonds. The molecule has 1 aromatic carbocycles. The van der Waals surface area contributed by atoms with Crippen molar-refractivity contribution in [3.05, 3.63) is 53.4 Å². The molecule has 1 heterocycles. The molecule has 0 aliphatic carbocycles. The molecule has 4 heteroatoms. The molecular weight excluding hydrogens is 226 g/mol. The summed E-state index contributed by atoms with van der Waals surface area (Å²) in [6.07, 6.45) is 1.63. The van der Waals surface area contributed by atoms with Crippen molar-refractivity contribution in [3.8, 4) is 0 Å². The highest BCUT2D eigenvalue weighted by molar-refractivity contribution is 7.86. The number of nitrogens with zero attached hydrogens (tertiary/aromatic N) is 1. The second-order valence-corrected chi connectivity index (χ2v) is 5.18. The Labute approximate surface area is 94.9 Å². The molecule has 0 bridgehead atoms. The highest BCUT2D eigenvalue weighted by atomic mass is 32.2. The average Bonchev–Trinajstić information content (AvgIpc) is 2.81. The summed E-state index contributed by atoms with van der Waals surface area (Å²) in [5.74, 6) is 0. The van der Waals surface area contributed by atoms with E-state index < -0.39 is 11.0 Å². The maximum absolute atomic E-state index is 11.6. The minimum absolute atomic E-state index is 0.780. The summed E-state index contributed by atoms with van der Waals surface area (Å²) in [7, 11) is -1.26. The fraction of sp³-hybridized carbons (Fsp3) is 0. The summed E-state index contributed by atoms with van der Waals surface area (Å²) < 4.78 is 16.4. The van der Waals surface area contributed by atoms with Gasteiger partial charge < -0.3 is 0 Å². The summed E-state index contributed by atoms with van der Waals surface area (Å²) in [6, 6.07) is 13.3. The van der Waals surface area contributed by atoms with Gasteiger partial charge in [0.15, 0.2) is 11.0 Å². The zero-order valence-electron chi connectivity index (χ0n) is 7.87. The molecule has 0 saturated heterocycles. The van der Waals surface area contributed by atoms with Gasteiger partial charge in [0.2, 0.25) is 0 Å². The summed E-state index contributed by atoms with van der Waals surface area (Å²) in [5, 5.41) is 1.89. The normalized spacial score (nSPS) is 13.1. The molecule has 2 rings (SSSR count). The molecule has 0 aliphatic rings. The van der Waals surface area contributed by atoms with Gasteiger partial charge in [-0.3, -0.25) is 0 Å². The summed E-state index contributed by atoms with van der Waals surface area (Å²) in [5.41, 5.74) is 0.961. The Kier molecular flexibility index (Phi) is 3.42. The molecule has 0 unspecified atom stereocenters. The first-order valence-corrected chi connectivity index (χ1v) is 6.39. The number of thiophene rings is 1. The molecule has 2 aromatic rings. The second-order valence-electron chi connectivity index (χ2n) is 2.83. The van der Waals surface area contributed by atoms with Crippen LogP contribution in [0.2, 0.25) is 0 Å². The van der Waals surface area contributed by atoms with E-state index in [4.69, 9.17) is 0 Å². The molecule has 2 nitrogen and oxygen atoms in total. The number of rotatable bonds is 3. The lowest BCUT2D eigenvalue weighted by Gasteiger charge is -1.91. The third kappa shape index (κ3) is 2.84. The molecular formula is C11H9NOS2. The third-order valence-electron chi connectivity index (χ3n) is 1.76. The van der Waals surface area contributed by atoms with E-state index in [1.165, 1.54) is 11.3 Å². The third-order valence-corrected chi connectivity index (χ3v) is 3.92. The van der Waals surface area contributed by atoms with E-state index in [-0.39, 0.29) is 0 Å². The second kappa shape index (κ2) is 5.00. The van der Waals surface area contributed by atoms with Crippen LogP contribution >= 0.6 is 11.3 Å². The molecule has 0 saturated carbocycles. The summed E-state index contributed by atoms with van der Waals surface area (Å²) >= 11 is 1.45. The van der Waals surface area contributed by atoms with Gasteiger partial charge in [-0.2, -0.15) is 4.40 Å². The minimum Gasteiger partial charge on any atom is -0.229 e. The lowest BCUT2D eigenvalue weighted by Crippen LogP contribution is -1.85. The molecule has 0 spiro atoms. The predicted molar refractivity (Wildman–Crippen MR) is 64.8 cm³/mol. The standard InChI is InChI=1S/C11H9NOS2/c13-15(11-7-4-8-14-11)12-9-10-5-2-1-3-6-10/h1-9H/b12-9+/t15-/m0/s1. The van der Waals surface area contributed by atoms with E-state index >= 15 is 0 Å². The SMILES string of the molecule is O=[S@](/N=C/c1ccccc1)c1cccs1. The first-order valence-electron chi connectivity index (χ1n) is 4.41. The molecule has 0 fully saturated rings. The van der Waals surface area contributed by atoms with Crippen LogP contribution in [0.1, 0.15) is 5.56 Å². The van der Waals surface area contributed by atoms with Gasteiger partial charge in [0.05, 0.1) is 0 Å². The Morgan fingerprint density at radius 1 is 1.13 bits per heavy atom. The summed E-state index contributed by atoms with van der Waals surface area (Å²) in [4.78, 5) is 0. The predicted octanol–water partition coefficient (Wildman–Crippen LogP) is 2.89. The quantitative estimate of drug-likeness (QED) is 0.752. The average molecular weight is 235 g/mol. The monoisotopic (exact) mass is 235 g/mol. The van der Waals surface area contributed by atoms with Crippen molar-refractivity contribution in [2.24, 2.45) is 4.40 Å². The van der Waals surface area contributed by atoms with Crippen molar-refractivity contribution >= 4 is 28.5 Å². The highest BCUT2D eigenvalue weighted by Gasteiger charge is 2.00. The van der Waals surface area contributed by atoms with E-state index in [1.54, 1.807) is 6.21 Å². The highest BCUT2D eigenvalue weighted by Crippen LogP contribution is 2.14. The summed E-state index contributed by atoms with van der Waals surface area (Å²) in [6.45, 7) is 0. The molecule has 1 atom stereocenters. The van der Waals surface area contributed by atoms with Crippen LogP contribution in [0.3, 0.4) is 0 Å². The van der Waals surface area contributed by atoms with Gasteiger partial charge in [0.25, 0.3) is 0 Å². The van der Waals surface area contributed by atoms with Crippen LogP contribution < -0.4 is 0 Å². The Hall–Kier alpha value is -1.26. The Morgan fingerprint density at radius 2 is 1.93 bits per heavy atom. The van der Waals surface area contributed by atoms with Crippen molar-refractivity contribution in [2.75, 3.05) is 0 Å². The van der Waals surface area contributed by atoms with Gasteiger partial charge in [0, 0.05) is 6.21 Å².